The molecule has 17 heteroatoms. The minimum atomic E-state index is -2.22. The van der Waals surface area contributed by atoms with Gasteiger partial charge in [0.1, 0.15) is 0 Å². The second-order valence-corrected chi connectivity index (χ2v) is 133. The lowest BCUT2D eigenvalue weighted by molar-refractivity contribution is 0.313. The highest BCUT2D eigenvalue weighted by atomic mass is 80.0. The van der Waals surface area contributed by atoms with Crippen molar-refractivity contribution in [3.05, 3.63) is 0 Å². The molecular weight excluding hydrogens is 1110 g/mol. The first kappa shape index (κ1) is 29.3. The summed E-state index contributed by atoms with van der Waals surface area (Å²) in [6, 6.07) is 0.837. The van der Waals surface area contributed by atoms with Crippen LogP contribution in [0.1, 0.15) is 27.7 Å². The van der Waals surface area contributed by atoms with Crippen LogP contribution in [0.2, 0.25) is 0 Å². The molecule has 0 unspecified atom stereocenters. The smallest absolute Gasteiger partial charge is 0.281 e. The molecule has 1 nitrogen and oxygen atoms in total. The van der Waals surface area contributed by atoms with E-state index in [0.717, 1.165) is 0 Å². The van der Waals surface area contributed by atoms with Crippen LogP contribution in [0, 0.1) is 0 Å². The number of hydrogen-bond donors (Lipinski definition) is 0. The van der Waals surface area contributed by atoms with E-state index in [2.05, 4.69) is 200 Å². The topological polar surface area (TPSA) is 3.24 Å². The van der Waals surface area contributed by atoms with E-state index >= 15 is 0 Å². The summed E-state index contributed by atoms with van der Waals surface area (Å²) in [7, 11) is 0. The van der Waals surface area contributed by atoms with E-state index in [1.807, 2.05) is 0 Å². The molecule has 0 heterocycles. The Kier molecular flexibility index (Phi) is 13.1. The summed E-state index contributed by atoms with van der Waals surface area (Å²) < 4.78 is -3.80. The average Bonchev–Trinajstić information content (AvgIpc) is 2.22. The molecule has 0 saturated heterocycles. The molecule has 0 aromatic heterocycles. The molecule has 0 bridgehead atoms. The van der Waals surface area contributed by atoms with Gasteiger partial charge in [0.25, 0.3) is 11.9 Å². The number of hydrogen-bond acceptors (Lipinski definition) is 1. The van der Waals surface area contributed by atoms with Crippen molar-refractivity contribution in [2.45, 2.75) is 39.8 Å². The van der Waals surface area contributed by atoms with Gasteiger partial charge in [-0.3, -0.25) is 0 Å². The van der Waals surface area contributed by atoms with Crippen molar-refractivity contribution in [1.82, 2.24) is 4.57 Å². The van der Waals surface area contributed by atoms with Gasteiger partial charge in [0.2, 0.25) is 9.59 Å². The maximum atomic E-state index is 4.25. The third kappa shape index (κ3) is 6.19. The third-order valence-electron chi connectivity index (χ3n) is 3.03. The van der Waals surface area contributed by atoms with Crippen molar-refractivity contribution >= 4 is 190 Å². The van der Waals surface area contributed by atoms with E-state index < -0.39 is 21.5 Å². The summed E-state index contributed by atoms with van der Waals surface area (Å²) >= 11 is 44.8. The zero-order valence-electron chi connectivity index (χ0n) is 12.3. The zero-order valence-corrected chi connectivity index (χ0v) is 34.7. The first-order valence-corrected chi connectivity index (χ1v) is 44.9. The Hall–Kier alpha value is 6.32. The van der Waals surface area contributed by atoms with Crippen molar-refractivity contribution in [3.63, 3.8) is 0 Å². The molecule has 0 atom stereocenters. The highest BCUT2D eigenvalue weighted by Gasteiger charge is 2.80. The maximum absolute atomic E-state index is 4.25. The molecule has 0 saturated carbocycles. The summed E-state index contributed by atoms with van der Waals surface area (Å²) in [4.78, 5) is -2.21. The molecule has 0 aliphatic heterocycles. The molecule has 0 N–H and O–H groups in total. The predicted molar refractivity (Wildman–Crippen MR) is 159 cm³/mol. The molecule has 0 radical (unpaired) electrons. The standard InChI is InChI=1S/C6H14Br11NSi5/c1-5(2)18(6(3)4)21(13,14)22(15,16)23(17,19(7,8)9)20(10,11)12/h5-6H,1-4H3. The van der Waals surface area contributed by atoms with E-state index in [1.54, 1.807) is 0 Å². The van der Waals surface area contributed by atoms with Crippen molar-refractivity contribution in [2.75, 3.05) is 0 Å². The summed E-state index contributed by atoms with van der Waals surface area (Å²) in [5, 5.41) is -2.18. The van der Waals surface area contributed by atoms with Gasteiger partial charge in [0, 0.05) is 0 Å². The molecule has 23 heavy (non-hydrogen) atoms. The van der Waals surface area contributed by atoms with Gasteiger partial charge in [0.15, 0.2) is 0 Å². The van der Waals surface area contributed by atoms with Crippen LogP contribution < -0.4 is 0 Å². The van der Waals surface area contributed by atoms with Crippen molar-refractivity contribution in [2.24, 2.45) is 0 Å². The van der Waals surface area contributed by atoms with E-state index in [9.17, 15) is 0 Å². The Morgan fingerprint density at radius 3 is 1.00 bits per heavy atom. The third-order valence-corrected chi connectivity index (χ3v) is 252. The van der Waals surface area contributed by atoms with Crippen LogP contribution in [0.3, 0.4) is 0 Å². The fraction of sp³-hybridized carbons (Fsp3) is 1.00. The highest BCUT2D eigenvalue weighted by Crippen LogP contribution is 2.63. The highest BCUT2D eigenvalue weighted by molar-refractivity contribution is 9.87. The van der Waals surface area contributed by atoms with Crippen molar-refractivity contribution in [3.8, 4) is 0 Å². The minimum Gasteiger partial charge on any atom is -0.303 e. The normalized spacial score (nSPS) is 15.9. The largest absolute Gasteiger partial charge is 0.303 e. The van der Waals surface area contributed by atoms with Gasteiger partial charge in [-0.15, -0.1) is 45.9 Å². The van der Waals surface area contributed by atoms with E-state index in [0.29, 0.717) is 12.1 Å². The van der Waals surface area contributed by atoms with Crippen molar-refractivity contribution < 1.29 is 0 Å². The fourth-order valence-corrected chi connectivity index (χ4v) is 422. The molecule has 0 spiro atoms. The lowest BCUT2D eigenvalue weighted by Gasteiger charge is -2.52. The molecule has 0 aromatic rings. The maximum Gasteiger partial charge on any atom is 0.281 e. The quantitative estimate of drug-likeness (QED) is 0.182. The van der Waals surface area contributed by atoms with Gasteiger partial charge in [-0.25, -0.2) is 0 Å². The molecule has 0 amide bonds. The van der Waals surface area contributed by atoms with Gasteiger partial charge >= 0.3 is 0 Å². The first-order chi connectivity index (χ1) is 9.76. The second-order valence-electron chi connectivity index (χ2n) is 5.36. The van der Waals surface area contributed by atoms with E-state index in [1.165, 1.54) is 0 Å². The van der Waals surface area contributed by atoms with Gasteiger partial charge in [-0.1, -0.05) is 150 Å². The van der Waals surface area contributed by atoms with Gasteiger partial charge < -0.3 is 4.57 Å². The molecular formula is C6H14Br11NSi5. The second kappa shape index (κ2) is 10.3. The monoisotopic (exact) mass is 1110 g/mol. The van der Waals surface area contributed by atoms with Gasteiger partial charge in [-0.2, -0.15) is 0 Å². The number of halogens is 11. The molecule has 0 rings (SSSR count). The van der Waals surface area contributed by atoms with Crippen molar-refractivity contribution in [1.29, 1.82) is 0 Å². The van der Waals surface area contributed by atoms with Crippen LogP contribution in [0.25, 0.3) is 0 Å². The van der Waals surface area contributed by atoms with Crippen LogP contribution in [-0.2, 0) is 0 Å². The van der Waals surface area contributed by atoms with Crippen LogP contribution >= 0.6 is 168 Å². The summed E-state index contributed by atoms with van der Waals surface area (Å²) in [5.74, 6) is 0. The van der Waals surface area contributed by atoms with E-state index in [-0.39, 0.29) is 0 Å². The summed E-state index contributed by atoms with van der Waals surface area (Å²) in [5.41, 5.74) is 0. The molecule has 0 fully saturated rings. The SMILES string of the molecule is CC(C)N(C(C)C)[Si](Br)(Br)[Si](Br)(Br)[Si](Br)([Si](Br)(Br)Br)[Si](Br)(Br)Br. The Morgan fingerprint density at radius 1 is 0.565 bits per heavy atom. The number of rotatable bonds is 7. The minimum absolute atomic E-state index is 0.419. The fourth-order valence-electron chi connectivity index (χ4n) is 2.13. The Labute approximate surface area is 229 Å². The lowest BCUT2D eigenvalue weighted by atomic mass is 10.3. The average molecular weight is 1120 g/mol. The lowest BCUT2D eigenvalue weighted by Crippen LogP contribution is -2.82. The Morgan fingerprint density at radius 2 is 0.826 bits per heavy atom. The molecule has 0 aliphatic carbocycles. The van der Waals surface area contributed by atoms with Gasteiger partial charge in [0.05, 0.1) is 0 Å². The number of nitrogens with zero attached hydrogens (tertiary/aromatic N) is 1. The van der Waals surface area contributed by atoms with Gasteiger partial charge in [-0.05, 0) is 12.1 Å². The van der Waals surface area contributed by atoms with Crippen LogP contribution in [0.4, 0.5) is 0 Å². The van der Waals surface area contributed by atoms with Crippen LogP contribution in [0.15, 0.2) is 0 Å². The summed E-state index contributed by atoms with van der Waals surface area (Å²) in [6.45, 7) is 8.98. The van der Waals surface area contributed by atoms with E-state index in [4.69, 9.17) is 0 Å². The molecule has 0 aliphatic rings. The zero-order chi connectivity index (χ0) is 19.2. The predicted octanol–water partition coefficient (Wildman–Crippen LogP) is 8.97. The Balaban J connectivity index is 6.49. The molecule has 0 aromatic carbocycles. The summed E-state index contributed by atoms with van der Waals surface area (Å²) in [6.07, 6.45) is 0. The van der Waals surface area contributed by atoms with Crippen LogP contribution in [0.5, 0.6) is 0 Å². The first-order valence-electron chi connectivity index (χ1n) is 6.13. The Bertz CT molecular complexity index is 396. The molecule has 140 valence electrons. The van der Waals surface area contributed by atoms with Crippen LogP contribution in [-0.4, -0.2) is 38.1 Å².